The highest BCUT2D eigenvalue weighted by Gasteiger charge is 2.33. The van der Waals surface area contributed by atoms with Crippen LogP contribution in [0.1, 0.15) is 26.7 Å². The van der Waals surface area contributed by atoms with Crippen LogP contribution in [-0.2, 0) is 9.84 Å². The summed E-state index contributed by atoms with van der Waals surface area (Å²) in [4.78, 5) is -0.556. The van der Waals surface area contributed by atoms with E-state index < -0.39 is 31.8 Å². The molecule has 0 saturated carbocycles. The Kier molecular flexibility index (Phi) is 5.50. The summed E-state index contributed by atoms with van der Waals surface area (Å²) in [6.07, 6.45) is 1.29. The number of hydrogen-bond donors (Lipinski definition) is 0. The molecule has 0 aliphatic heterocycles. The summed E-state index contributed by atoms with van der Waals surface area (Å²) >= 11 is 3.32. The predicted octanol–water partition coefficient (Wildman–Crippen LogP) is 3.94. The van der Waals surface area contributed by atoms with Gasteiger partial charge in [0.15, 0.2) is 9.84 Å². The van der Waals surface area contributed by atoms with Crippen LogP contribution in [0.5, 0.6) is 0 Å². The van der Waals surface area contributed by atoms with Crippen molar-refractivity contribution in [1.29, 1.82) is 0 Å². The fourth-order valence-corrected chi connectivity index (χ4v) is 5.26. The summed E-state index contributed by atoms with van der Waals surface area (Å²) in [5.41, 5.74) is -0.461. The summed E-state index contributed by atoms with van der Waals surface area (Å²) in [5, 5.41) is 0.503. The van der Waals surface area contributed by atoms with Crippen molar-refractivity contribution < 1.29 is 17.2 Å². The predicted molar refractivity (Wildman–Crippen MR) is 75.2 cm³/mol. The van der Waals surface area contributed by atoms with E-state index in [1.165, 1.54) is 0 Å². The Balaban J connectivity index is 3.21. The zero-order chi connectivity index (χ0) is 14.7. The number of alkyl halides is 1. The van der Waals surface area contributed by atoms with Crippen molar-refractivity contribution in [3.05, 3.63) is 29.8 Å². The Morgan fingerprint density at radius 3 is 2.26 bits per heavy atom. The molecule has 1 rings (SSSR count). The molecule has 108 valence electrons. The number of rotatable bonds is 6. The highest BCUT2D eigenvalue weighted by atomic mass is 79.9. The van der Waals surface area contributed by atoms with Crippen molar-refractivity contribution in [2.24, 2.45) is 5.41 Å². The van der Waals surface area contributed by atoms with Gasteiger partial charge in [0.25, 0.3) is 0 Å². The smallest absolute Gasteiger partial charge is 0.181 e. The second-order valence-corrected chi connectivity index (χ2v) is 7.19. The maximum absolute atomic E-state index is 13.6. The third-order valence-corrected chi connectivity index (χ3v) is 6.67. The summed E-state index contributed by atoms with van der Waals surface area (Å²) < 4.78 is 51.3. The molecule has 1 aromatic rings. The lowest BCUT2D eigenvalue weighted by molar-refractivity contribution is 0.350. The first kappa shape index (κ1) is 16.6. The SMILES string of the molecule is CCC(CC)(CBr)CS(=O)(=O)c1cc(F)ccc1F. The zero-order valence-electron chi connectivity index (χ0n) is 10.9. The molecule has 0 fully saturated rings. The van der Waals surface area contributed by atoms with E-state index in [9.17, 15) is 17.2 Å². The van der Waals surface area contributed by atoms with Crippen LogP contribution in [0.4, 0.5) is 8.78 Å². The van der Waals surface area contributed by atoms with Gasteiger partial charge in [-0.25, -0.2) is 17.2 Å². The lowest BCUT2D eigenvalue weighted by atomic mass is 9.87. The first-order chi connectivity index (χ1) is 8.80. The molecule has 0 saturated heterocycles. The van der Waals surface area contributed by atoms with Gasteiger partial charge in [-0.3, -0.25) is 0 Å². The van der Waals surface area contributed by atoms with E-state index in [0.717, 1.165) is 18.2 Å². The molecule has 0 aliphatic carbocycles. The lowest BCUT2D eigenvalue weighted by Gasteiger charge is -2.29. The Labute approximate surface area is 121 Å². The molecule has 0 radical (unpaired) electrons. The minimum Gasteiger partial charge on any atom is -0.224 e. The van der Waals surface area contributed by atoms with Crippen molar-refractivity contribution >= 4 is 25.8 Å². The van der Waals surface area contributed by atoms with Gasteiger partial charge in [0.05, 0.1) is 5.75 Å². The van der Waals surface area contributed by atoms with E-state index in [1.807, 2.05) is 13.8 Å². The minimum absolute atomic E-state index is 0.196. The topological polar surface area (TPSA) is 34.1 Å². The van der Waals surface area contributed by atoms with Crippen molar-refractivity contribution in [3.63, 3.8) is 0 Å². The van der Waals surface area contributed by atoms with Gasteiger partial charge in [0.1, 0.15) is 16.5 Å². The standard InChI is InChI=1S/C13H17BrF2O2S/c1-3-13(4-2,8-14)9-19(17,18)12-7-10(15)5-6-11(12)16/h5-7H,3-4,8-9H2,1-2H3. The average molecular weight is 355 g/mol. The molecule has 0 aliphatic rings. The first-order valence-electron chi connectivity index (χ1n) is 6.04. The molecular formula is C13H17BrF2O2S. The average Bonchev–Trinajstić information content (AvgIpc) is 2.39. The molecule has 0 heterocycles. The van der Waals surface area contributed by atoms with Gasteiger partial charge in [-0.1, -0.05) is 29.8 Å². The summed E-state index contributed by atoms with van der Waals surface area (Å²) in [5.74, 6) is -1.85. The summed E-state index contributed by atoms with van der Waals surface area (Å²) in [6.45, 7) is 3.78. The third-order valence-electron chi connectivity index (χ3n) is 3.51. The number of hydrogen-bond acceptors (Lipinski definition) is 2. The fourth-order valence-electron chi connectivity index (χ4n) is 1.88. The van der Waals surface area contributed by atoms with Crippen molar-refractivity contribution in [2.45, 2.75) is 31.6 Å². The largest absolute Gasteiger partial charge is 0.224 e. The van der Waals surface area contributed by atoms with Crippen LogP contribution in [-0.4, -0.2) is 19.5 Å². The summed E-state index contributed by atoms with van der Waals surface area (Å²) in [6, 6.07) is 2.50. The molecule has 2 nitrogen and oxygen atoms in total. The highest BCUT2D eigenvalue weighted by molar-refractivity contribution is 9.09. The van der Waals surface area contributed by atoms with Gasteiger partial charge in [-0.2, -0.15) is 0 Å². The van der Waals surface area contributed by atoms with Crippen LogP contribution in [0.15, 0.2) is 23.1 Å². The molecular weight excluding hydrogens is 338 g/mol. The normalized spacial score (nSPS) is 12.7. The van der Waals surface area contributed by atoms with Gasteiger partial charge in [-0.05, 0) is 36.5 Å². The second kappa shape index (κ2) is 6.31. The van der Waals surface area contributed by atoms with Crippen molar-refractivity contribution in [3.8, 4) is 0 Å². The monoisotopic (exact) mass is 354 g/mol. The molecule has 0 amide bonds. The van der Waals surface area contributed by atoms with Gasteiger partial charge >= 0.3 is 0 Å². The number of sulfone groups is 1. The van der Waals surface area contributed by atoms with E-state index in [0.29, 0.717) is 18.2 Å². The molecule has 0 N–H and O–H groups in total. The minimum atomic E-state index is -3.85. The van der Waals surface area contributed by atoms with Crippen molar-refractivity contribution in [1.82, 2.24) is 0 Å². The first-order valence-corrected chi connectivity index (χ1v) is 8.81. The van der Waals surface area contributed by atoms with E-state index in [-0.39, 0.29) is 5.75 Å². The molecule has 1 aromatic carbocycles. The Hall–Kier alpha value is -0.490. The Morgan fingerprint density at radius 2 is 1.79 bits per heavy atom. The molecule has 0 bridgehead atoms. The quantitative estimate of drug-likeness (QED) is 0.725. The van der Waals surface area contributed by atoms with E-state index >= 15 is 0 Å². The van der Waals surface area contributed by atoms with Gasteiger partial charge < -0.3 is 0 Å². The number of benzene rings is 1. The van der Waals surface area contributed by atoms with E-state index in [2.05, 4.69) is 15.9 Å². The highest BCUT2D eigenvalue weighted by Crippen LogP contribution is 2.33. The van der Waals surface area contributed by atoms with E-state index in [4.69, 9.17) is 0 Å². The van der Waals surface area contributed by atoms with Crippen LogP contribution in [0, 0.1) is 17.0 Å². The van der Waals surface area contributed by atoms with Crippen LogP contribution in [0.25, 0.3) is 0 Å². The number of halogens is 3. The zero-order valence-corrected chi connectivity index (χ0v) is 13.3. The van der Waals surface area contributed by atoms with Crippen LogP contribution >= 0.6 is 15.9 Å². The molecule has 0 atom stereocenters. The van der Waals surface area contributed by atoms with Crippen molar-refractivity contribution in [2.75, 3.05) is 11.1 Å². The van der Waals surface area contributed by atoms with Crippen LogP contribution in [0.3, 0.4) is 0 Å². The molecule has 0 unspecified atom stereocenters. The Bertz CT molecular complexity index is 531. The molecule has 6 heteroatoms. The maximum Gasteiger partial charge on any atom is 0.181 e. The third kappa shape index (κ3) is 3.75. The fraction of sp³-hybridized carbons (Fsp3) is 0.538. The second-order valence-electron chi connectivity index (χ2n) is 4.67. The maximum atomic E-state index is 13.6. The van der Waals surface area contributed by atoms with Gasteiger partial charge in [0.2, 0.25) is 0 Å². The van der Waals surface area contributed by atoms with Gasteiger partial charge in [-0.15, -0.1) is 0 Å². The van der Waals surface area contributed by atoms with E-state index in [1.54, 1.807) is 0 Å². The van der Waals surface area contributed by atoms with Crippen LogP contribution < -0.4 is 0 Å². The molecule has 0 aromatic heterocycles. The molecule has 19 heavy (non-hydrogen) atoms. The van der Waals surface area contributed by atoms with Crippen LogP contribution in [0.2, 0.25) is 0 Å². The lowest BCUT2D eigenvalue weighted by Crippen LogP contribution is -2.31. The molecule has 0 spiro atoms. The summed E-state index contributed by atoms with van der Waals surface area (Å²) in [7, 11) is -3.85. The Morgan fingerprint density at radius 1 is 1.21 bits per heavy atom. The van der Waals surface area contributed by atoms with Gasteiger partial charge in [0, 0.05) is 5.33 Å².